The third kappa shape index (κ3) is 5.02. The molecule has 0 saturated heterocycles. The van der Waals surface area contributed by atoms with Gasteiger partial charge in [-0.05, 0) is 19.3 Å². The highest BCUT2D eigenvalue weighted by atomic mass is 16.6. The van der Waals surface area contributed by atoms with Crippen molar-refractivity contribution in [2.45, 2.75) is 64.1 Å². The number of carbonyl (C=O) groups excluding carboxylic acids is 1. The Balaban J connectivity index is 2.31. The molecule has 4 heteroatoms. The van der Waals surface area contributed by atoms with Crippen LogP contribution in [-0.4, -0.2) is 18.4 Å². The summed E-state index contributed by atoms with van der Waals surface area (Å²) in [6.07, 6.45) is 7.17. The van der Waals surface area contributed by atoms with Gasteiger partial charge in [-0.3, -0.25) is 5.32 Å². The largest absolute Gasteiger partial charge is 0.431 e. The zero-order valence-electron chi connectivity index (χ0n) is 9.50. The van der Waals surface area contributed by atoms with Gasteiger partial charge in [-0.2, -0.15) is 0 Å². The highest BCUT2D eigenvalue weighted by Crippen LogP contribution is 2.18. The van der Waals surface area contributed by atoms with Gasteiger partial charge in [0, 0.05) is 6.04 Å². The van der Waals surface area contributed by atoms with Crippen LogP contribution in [-0.2, 0) is 4.74 Å². The number of nitrogens with one attached hydrogen (secondary N) is 1. The topological polar surface area (TPSA) is 64.3 Å². The van der Waals surface area contributed by atoms with Crippen molar-refractivity contribution in [1.29, 1.82) is 0 Å². The van der Waals surface area contributed by atoms with Gasteiger partial charge in [0.1, 0.15) is 0 Å². The van der Waals surface area contributed by atoms with Crippen LogP contribution < -0.4 is 11.1 Å². The van der Waals surface area contributed by atoms with Crippen LogP contribution in [0.1, 0.15) is 51.9 Å². The Morgan fingerprint density at radius 1 is 1.47 bits per heavy atom. The highest BCUT2D eigenvalue weighted by Gasteiger charge is 2.19. The smallest absolute Gasteiger partial charge is 0.406 e. The lowest BCUT2D eigenvalue weighted by Crippen LogP contribution is -2.42. The number of hydrogen-bond acceptors (Lipinski definition) is 3. The van der Waals surface area contributed by atoms with Crippen LogP contribution in [0.5, 0.6) is 0 Å². The molecular weight excluding hydrogens is 192 g/mol. The zero-order valence-corrected chi connectivity index (χ0v) is 9.50. The van der Waals surface area contributed by atoms with Crippen LogP contribution in [0.25, 0.3) is 0 Å². The molecule has 1 saturated carbocycles. The van der Waals surface area contributed by atoms with Crippen LogP contribution in [0.15, 0.2) is 0 Å². The lowest BCUT2D eigenvalue weighted by atomic mass is 9.95. The molecule has 0 bridgehead atoms. The summed E-state index contributed by atoms with van der Waals surface area (Å²) >= 11 is 0. The van der Waals surface area contributed by atoms with Crippen LogP contribution in [0.2, 0.25) is 0 Å². The quantitative estimate of drug-likeness (QED) is 0.689. The van der Waals surface area contributed by atoms with Crippen molar-refractivity contribution in [2.75, 3.05) is 0 Å². The summed E-state index contributed by atoms with van der Waals surface area (Å²) in [6.45, 7) is 2.07. The fourth-order valence-electron chi connectivity index (χ4n) is 2.11. The maximum absolute atomic E-state index is 10.7. The van der Waals surface area contributed by atoms with E-state index in [1.165, 1.54) is 32.1 Å². The molecule has 0 aliphatic heterocycles. The molecule has 88 valence electrons. The lowest BCUT2D eigenvalue weighted by Gasteiger charge is -2.27. The molecule has 1 atom stereocenters. The maximum Gasteiger partial charge on any atom is 0.406 e. The molecule has 3 N–H and O–H groups in total. The number of hydrogen-bond donors (Lipinski definition) is 2. The first-order chi connectivity index (χ1) is 7.22. The summed E-state index contributed by atoms with van der Waals surface area (Å²) in [5.74, 6) is 0. The first-order valence-electron chi connectivity index (χ1n) is 5.94. The van der Waals surface area contributed by atoms with Gasteiger partial charge in [-0.1, -0.05) is 32.6 Å². The summed E-state index contributed by atoms with van der Waals surface area (Å²) in [7, 11) is 0. The Kier molecular flexibility index (Phi) is 5.47. The van der Waals surface area contributed by atoms with Gasteiger partial charge in [0.15, 0.2) is 6.23 Å². The molecule has 0 spiro atoms. The summed E-state index contributed by atoms with van der Waals surface area (Å²) in [4.78, 5) is 10.7. The van der Waals surface area contributed by atoms with Gasteiger partial charge in [0.05, 0.1) is 0 Å². The molecule has 1 unspecified atom stereocenters. The predicted octanol–water partition coefficient (Wildman–Crippen LogP) is 2.13. The summed E-state index contributed by atoms with van der Waals surface area (Å²) in [6, 6.07) is 0.495. The van der Waals surface area contributed by atoms with E-state index in [-0.39, 0.29) is 6.23 Å². The van der Waals surface area contributed by atoms with E-state index in [1.807, 2.05) is 0 Å². The van der Waals surface area contributed by atoms with E-state index in [0.717, 1.165) is 12.8 Å². The number of rotatable bonds is 5. The van der Waals surface area contributed by atoms with Gasteiger partial charge in [0.25, 0.3) is 0 Å². The van der Waals surface area contributed by atoms with Gasteiger partial charge < -0.3 is 10.5 Å². The van der Waals surface area contributed by atoms with E-state index >= 15 is 0 Å². The van der Waals surface area contributed by atoms with Crippen molar-refractivity contribution in [3.63, 3.8) is 0 Å². The fraction of sp³-hybridized carbons (Fsp3) is 0.909. The van der Waals surface area contributed by atoms with Crippen LogP contribution in [0.4, 0.5) is 4.79 Å². The monoisotopic (exact) mass is 214 g/mol. The average molecular weight is 214 g/mol. The first kappa shape index (κ1) is 12.3. The van der Waals surface area contributed by atoms with Crippen molar-refractivity contribution in [2.24, 2.45) is 5.73 Å². The normalized spacial score (nSPS) is 19.8. The summed E-state index contributed by atoms with van der Waals surface area (Å²) < 4.78 is 5.02. The van der Waals surface area contributed by atoms with Crippen molar-refractivity contribution >= 4 is 6.09 Å². The Morgan fingerprint density at radius 2 is 2.13 bits per heavy atom. The number of nitrogens with two attached hydrogens (primary N) is 1. The Labute approximate surface area is 91.5 Å². The van der Waals surface area contributed by atoms with Crippen LogP contribution in [0.3, 0.4) is 0 Å². The van der Waals surface area contributed by atoms with E-state index in [4.69, 9.17) is 10.5 Å². The fourth-order valence-corrected chi connectivity index (χ4v) is 2.11. The lowest BCUT2D eigenvalue weighted by molar-refractivity contribution is 0.0667. The highest BCUT2D eigenvalue weighted by molar-refractivity contribution is 5.64. The second-order valence-electron chi connectivity index (χ2n) is 4.22. The second-order valence-corrected chi connectivity index (χ2v) is 4.22. The average Bonchev–Trinajstić information content (AvgIpc) is 2.18. The molecule has 1 aliphatic rings. The van der Waals surface area contributed by atoms with Gasteiger partial charge >= 0.3 is 6.09 Å². The number of ether oxygens (including phenoxy) is 1. The molecule has 1 rings (SSSR count). The van der Waals surface area contributed by atoms with Gasteiger partial charge in [-0.15, -0.1) is 0 Å². The van der Waals surface area contributed by atoms with Crippen molar-refractivity contribution < 1.29 is 9.53 Å². The number of primary amides is 1. The third-order valence-corrected chi connectivity index (χ3v) is 2.84. The number of amides is 1. The Morgan fingerprint density at radius 3 is 2.67 bits per heavy atom. The summed E-state index contributed by atoms with van der Waals surface area (Å²) in [5.41, 5.74) is 5.03. The molecule has 0 heterocycles. The van der Waals surface area contributed by atoms with E-state index < -0.39 is 6.09 Å². The molecule has 0 radical (unpaired) electrons. The Bertz CT molecular complexity index is 191. The molecule has 0 aromatic heterocycles. The van der Waals surface area contributed by atoms with E-state index in [1.54, 1.807) is 0 Å². The van der Waals surface area contributed by atoms with Crippen LogP contribution >= 0.6 is 0 Å². The van der Waals surface area contributed by atoms with E-state index in [9.17, 15) is 4.79 Å². The summed E-state index contributed by atoms with van der Waals surface area (Å²) in [5, 5.41) is 3.37. The first-order valence-corrected chi connectivity index (χ1v) is 5.94. The van der Waals surface area contributed by atoms with Crippen molar-refractivity contribution in [3.8, 4) is 0 Å². The maximum atomic E-state index is 10.7. The molecule has 0 aromatic carbocycles. The third-order valence-electron chi connectivity index (χ3n) is 2.84. The molecule has 1 fully saturated rings. The molecule has 1 aliphatic carbocycles. The van der Waals surface area contributed by atoms with E-state index in [2.05, 4.69) is 12.2 Å². The SMILES string of the molecule is CCCC(NC1CCCCC1)OC(N)=O. The molecule has 4 nitrogen and oxygen atoms in total. The van der Waals surface area contributed by atoms with Crippen molar-refractivity contribution in [1.82, 2.24) is 5.32 Å². The minimum atomic E-state index is -0.684. The van der Waals surface area contributed by atoms with Crippen molar-refractivity contribution in [3.05, 3.63) is 0 Å². The molecule has 0 aromatic rings. The minimum absolute atomic E-state index is 0.199. The Hall–Kier alpha value is -0.770. The predicted molar refractivity (Wildman–Crippen MR) is 59.4 cm³/mol. The molecule has 15 heavy (non-hydrogen) atoms. The zero-order chi connectivity index (χ0) is 11.1. The molecular formula is C11H22N2O2. The molecule has 1 amide bonds. The second kappa shape index (κ2) is 6.67. The van der Waals surface area contributed by atoms with E-state index in [0.29, 0.717) is 6.04 Å². The van der Waals surface area contributed by atoms with Gasteiger partial charge in [0.2, 0.25) is 0 Å². The minimum Gasteiger partial charge on any atom is -0.431 e. The standard InChI is InChI=1S/C11H22N2O2/c1-2-6-10(15-11(12)14)13-9-7-4-3-5-8-9/h9-10,13H,2-8H2,1H3,(H2,12,14). The van der Waals surface area contributed by atoms with Gasteiger partial charge in [-0.25, -0.2) is 4.79 Å². The number of carbonyl (C=O) groups is 1. The van der Waals surface area contributed by atoms with Crippen LogP contribution in [0, 0.1) is 0 Å².